The second-order valence-corrected chi connectivity index (χ2v) is 5.76. The van der Waals surface area contributed by atoms with Crippen molar-refractivity contribution in [3.8, 4) is 0 Å². The molecule has 90 valence electrons. The van der Waals surface area contributed by atoms with Crippen molar-refractivity contribution in [1.29, 1.82) is 0 Å². The second kappa shape index (κ2) is 5.31. The van der Waals surface area contributed by atoms with Crippen molar-refractivity contribution in [3.05, 3.63) is 0 Å². The van der Waals surface area contributed by atoms with Gasteiger partial charge in [0.25, 0.3) is 0 Å². The van der Waals surface area contributed by atoms with Gasteiger partial charge in [-0.2, -0.15) is 0 Å². The van der Waals surface area contributed by atoms with Gasteiger partial charge in [0.1, 0.15) is 0 Å². The molecule has 0 aromatic rings. The molecular formula is C13H27NO. The first-order valence-electron chi connectivity index (χ1n) is 6.32. The summed E-state index contributed by atoms with van der Waals surface area (Å²) in [6, 6.07) is 0.606. The summed E-state index contributed by atoms with van der Waals surface area (Å²) < 4.78 is 0. The normalized spacial score (nSPS) is 22.6. The number of aliphatic hydroxyl groups is 1. The van der Waals surface area contributed by atoms with E-state index < -0.39 is 0 Å². The third-order valence-corrected chi connectivity index (χ3v) is 4.24. The Morgan fingerprint density at radius 1 is 1.20 bits per heavy atom. The van der Waals surface area contributed by atoms with Crippen molar-refractivity contribution in [1.82, 2.24) is 4.90 Å². The first-order valence-corrected chi connectivity index (χ1v) is 6.32. The number of nitrogens with zero attached hydrogens (tertiary/aromatic N) is 1. The zero-order valence-electron chi connectivity index (χ0n) is 10.8. The molecule has 15 heavy (non-hydrogen) atoms. The highest BCUT2D eigenvalue weighted by Crippen LogP contribution is 2.38. The Labute approximate surface area is 94.7 Å². The molecule has 0 aliphatic heterocycles. The average molecular weight is 213 g/mol. The van der Waals surface area contributed by atoms with Gasteiger partial charge in [-0.25, -0.2) is 0 Å². The fraction of sp³-hybridized carbons (Fsp3) is 1.00. The zero-order chi connectivity index (χ0) is 11.5. The molecular weight excluding hydrogens is 186 g/mol. The van der Waals surface area contributed by atoms with E-state index in [1.807, 2.05) is 0 Å². The van der Waals surface area contributed by atoms with Crippen LogP contribution in [0.2, 0.25) is 0 Å². The zero-order valence-corrected chi connectivity index (χ0v) is 10.8. The third kappa shape index (κ3) is 3.18. The number of aliphatic hydroxyl groups excluding tert-OH is 1. The molecule has 1 atom stereocenters. The maximum Gasteiger partial charge on any atom is 0.0499 e. The number of hydrogen-bond donors (Lipinski definition) is 1. The van der Waals surface area contributed by atoms with Crippen molar-refractivity contribution in [3.63, 3.8) is 0 Å². The smallest absolute Gasteiger partial charge is 0.0499 e. The maximum absolute atomic E-state index is 9.56. The Morgan fingerprint density at radius 3 is 2.13 bits per heavy atom. The van der Waals surface area contributed by atoms with E-state index in [1.165, 1.54) is 25.7 Å². The summed E-state index contributed by atoms with van der Waals surface area (Å²) in [6.45, 7) is 8.23. The van der Waals surface area contributed by atoms with Crippen LogP contribution in [0.4, 0.5) is 0 Å². The first kappa shape index (κ1) is 13.0. The van der Waals surface area contributed by atoms with Gasteiger partial charge < -0.3 is 10.0 Å². The summed E-state index contributed by atoms with van der Waals surface area (Å²) in [5, 5.41) is 9.56. The van der Waals surface area contributed by atoms with Gasteiger partial charge in [-0.05, 0) is 32.7 Å². The van der Waals surface area contributed by atoms with Crippen molar-refractivity contribution >= 4 is 0 Å². The Bertz CT molecular complexity index is 185. The van der Waals surface area contributed by atoms with Gasteiger partial charge in [0.2, 0.25) is 0 Å². The largest absolute Gasteiger partial charge is 0.396 e. The topological polar surface area (TPSA) is 23.5 Å². The van der Waals surface area contributed by atoms with E-state index in [2.05, 4.69) is 32.7 Å². The Hall–Kier alpha value is -0.0800. The maximum atomic E-state index is 9.56. The van der Waals surface area contributed by atoms with Crippen LogP contribution in [0.25, 0.3) is 0 Å². The number of hydrogen-bond acceptors (Lipinski definition) is 2. The standard InChI is InChI=1S/C13H27NO/c1-11(2)12(3)14(4)9-13(10-15)7-5-6-8-13/h11-12,15H,5-10H2,1-4H3. The third-order valence-electron chi connectivity index (χ3n) is 4.24. The molecule has 0 aromatic carbocycles. The van der Waals surface area contributed by atoms with Crippen LogP contribution in [0, 0.1) is 11.3 Å². The SMILES string of the molecule is CC(C)C(C)N(C)CC1(CO)CCCC1. The molecule has 2 nitrogen and oxygen atoms in total. The lowest BCUT2D eigenvalue weighted by molar-refractivity contribution is 0.0653. The molecule has 2 heteroatoms. The predicted molar refractivity (Wildman–Crippen MR) is 64.9 cm³/mol. The average Bonchev–Trinajstić information content (AvgIpc) is 2.65. The first-order chi connectivity index (χ1) is 7.01. The van der Waals surface area contributed by atoms with Gasteiger partial charge in [0, 0.05) is 24.6 Å². The molecule has 1 N–H and O–H groups in total. The van der Waals surface area contributed by atoms with E-state index in [4.69, 9.17) is 0 Å². The lowest BCUT2D eigenvalue weighted by Gasteiger charge is -2.36. The van der Waals surface area contributed by atoms with Crippen molar-refractivity contribution in [2.24, 2.45) is 11.3 Å². The minimum Gasteiger partial charge on any atom is -0.396 e. The fourth-order valence-corrected chi connectivity index (χ4v) is 2.67. The van der Waals surface area contributed by atoms with Gasteiger partial charge >= 0.3 is 0 Å². The predicted octanol–water partition coefficient (Wildman–Crippen LogP) is 2.52. The molecule has 0 heterocycles. The summed E-state index contributed by atoms with van der Waals surface area (Å²) in [7, 11) is 2.19. The molecule has 1 fully saturated rings. The summed E-state index contributed by atoms with van der Waals surface area (Å²) in [6.07, 6.45) is 5.01. The van der Waals surface area contributed by atoms with Crippen LogP contribution in [0.3, 0.4) is 0 Å². The van der Waals surface area contributed by atoms with Crippen LogP contribution in [0.5, 0.6) is 0 Å². The van der Waals surface area contributed by atoms with Crippen LogP contribution in [-0.2, 0) is 0 Å². The monoisotopic (exact) mass is 213 g/mol. The molecule has 0 bridgehead atoms. The molecule has 1 unspecified atom stereocenters. The highest BCUT2D eigenvalue weighted by Gasteiger charge is 2.35. The molecule has 1 saturated carbocycles. The van der Waals surface area contributed by atoms with E-state index in [1.54, 1.807) is 0 Å². The molecule has 1 aliphatic carbocycles. The number of rotatable bonds is 5. The molecule has 0 amide bonds. The van der Waals surface area contributed by atoms with Gasteiger partial charge in [-0.3, -0.25) is 0 Å². The summed E-state index contributed by atoms with van der Waals surface area (Å²) in [4.78, 5) is 2.42. The minimum atomic E-state index is 0.206. The summed E-state index contributed by atoms with van der Waals surface area (Å²) >= 11 is 0. The van der Waals surface area contributed by atoms with E-state index >= 15 is 0 Å². The van der Waals surface area contributed by atoms with Crippen LogP contribution in [-0.4, -0.2) is 36.2 Å². The van der Waals surface area contributed by atoms with Crippen LogP contribution in [0.1, 0.15) is 46.5 Å². The molecule has 0 aromatic heterocycles. The van der Waals surface area contributed by atoms with Crippen LogP contribution >= 0.6 is 0 Å². The van der Waals surface area contributed by atoms with Gasteiger partial charge in [-0.15, -0.1) is 0 Å². The molecule has 0 radical (unpaired) electrons. The van der Waals surface area contributed by atoms with Crippen LogP contribution in [0.15, 0.2) is 0 Å². The van der Waals surface area contributed by atoms with Gasteiger partial charge in [-0.1, -0.05) is 26.7 Å². The lowest BCUT2D eigenvalue weighted by Crippen LogP contribution is -2.42. The minimum absolute atomic E-state index is 0.206. The highest BCUT2D eigenvalue weighted by atomic mass is 16.3. The Kier molecular flexibility index (Phi) is 4.60. The van der Waals surface area contributed by atoms with E-state index in [0.717, 1.165) is 6.54 Å². The molecule has 0 saturated heterocycles. The highest BCUT2D eigenvalue weighted by molar-refractivity contribution is 4.87. The quantitative estimate of drug-likeness (QED) is 0.758. The van der Waals surface area contributed by atoms with Crippen molar-refractivity contribution in [2.45, 2.75) is 52.5 Å². The van der Waals surface area contributed by atoms with Crippen LogP contribution < -0.4 is 0 Å². The van der Waals surface area contributed by atoms with E-state index in [-0.39, 0.29) is 5.41 Å². The Balaban J connectivity index is 2.51. The Morgan fingerprint density at radius 2 is 1.73 bits per heavy atom. The van der Waals surface area contributed by atoms with Crippen molar-refractivity contribution < 1.29 is 5.11 Å². The summed E-state index contributed by atoms with van der Waals surface area (Å²) in [5.41, 5.74) is 0.206. The van der Waals surface area contributed by atoms with Gasteiger partial charge in [0.05, 0.1) is 0 Å². The van der Waals surface area contributed by atoms with E-state index in [9.17, 15) is 5.11 Å². The molecule has 1 aliphatic rings. The lowest BCUT2D eigenvalue weighted by atomic mass is 9.86. The fourth-order valence-electron chi connectivity index (χ4n) is 2.67. The molecule has 0 spiro atoms. The van der Waals surface area contributed by atoms with Gasteiger partial charge in [0.15, 0.2) is 0 Å². The van der Waals surface area contributed by atoms with E-state index in [0.29, 0.717) is 18.6 Å². The summed E-state index contributed by atoms with van der Waals surface area (Å²) in [5.74, 6) is 0.687. The second-order valence-electron chi connectivity index (χ2n) is 5.76. The van der Waals surface area contributed by atoms with Crippen molar-refractivity contribution in [2.75, 3.05) is 20.2 Å². The molecule has 1 rings (SSSR count).